The van der Waals surface area contributed by atoms with Crippen LogP contribution in [0.5, 0.6) is 0 Å². The van der Waals surface area contributed by atoms with Gasteiger partial charge < -0.3 is 5.32 Å². The summed E-state index contributed by atoms with van der Waals surface area (Å²) in [5, 5.41) is 8.15. The summed E-state index contributed by atoms with van der Waals surface area (Å²) in [6, 6.07) is 7.29. The van der Waals surface area contributed by atoms with E-state index in [1.807, 2.05) is 12.1 Å². The van der Waals surface area contributed by atoms with E-state index in [0.717, 1.165) is 5.56 Å². The maximum absolute atomic E-state index is 12.8. The van der Waals surface area contributed by atoms with Crippen LogP contribution >= 0.6 is 11.6 Å². The fraction of sp³-hybridized carbons (Fsp3) is 0.429. The normalized spacial score (nSPS) is 15.7. The van der Waals surface area contributed by atoms with E-state index < -0.39 is 10.0 Å². The number of hydrogen-bond donors (Lipinski definition) is 1. The zero-order valence-electron chi connectivity index (χ0n) is 18.1. The van der Waals surface area contributed by atoms with Crippen LogP contribution in [0.25, 0.3) is 11.0 Å². The lowest BCUT2D eigenvalue weighted by molar-refractivity contribution is -0.126. The molecule has 1 N–H and O–H groups in total. The summed E-state index contributed by atoms with van der Waals surface area (Å²) in [6.45, 7) is 1.75. The van der Waals surface area contributed by atoms with Crippen LogP contribution in [-0.2, 0) is 27.9 Å². The Bertz CT molecular complexity index is 1330. The Kier molecular flexibility index (Phi) is 6.82. The summed E-state index contributed by atoms with van der Waals surface area (Å²) < 4.78 is 27.7. The Morgan fingerprint density at radius 3 is 2.73 bits per heavy atom. The second-order valence-corrected chi connectivity index (χ2v) is 10.6. The Morgan fingerprint density at radius 2 is 2.03 bits per heavy atom. The highest BCUT2D eigenvalue weighted by Crippen LogP contribution is 2.19. The number of hydrogen-bond acceptors (Lipinski definition) is 6. The third-order valence-corrected chi connectivity index (χ3v) is 7.32. The second kappa shape index (κ2) is 9.62. The molecule has 1 amide bonds. The third-order valence-electron chi connectivity index (χ3n) is 5.78. The van der Waals surface area contributed by atoms with Crippen LogP contribution in [0.2, 0.25) is 5.02 Å². The summed E-state index contributed by atoms with van der Waals surface area (Å²) >= 11 is 6.02. The summed E-state index contributed by atoms with van der Waals surface area (Å²) in [5.41, 5.74) is 1.15. The van der Waals surface area contributed by atoms with E-state index in [0.29, 0.717) is 61.6 Å². The first kappa shape index (κ1) is 23.4. The van der Waals surface area contributed by atoms with Gasteiger partial charge in [0, 0.05) is 30.6 Å². The minimum atomic E-state index is -3.22. The average molecular weight is 493 g/mol. The molecule has 4 rings (SSSR count). The number of aromatic nitrogens is 4. The van der Waals surface area contributed by atoms with Crippen LogP contribution in [-0.4, -0.2) is 63.9 Å². The molecule has 0 bridgehead atoms. The van der Waals surface area contributed by atoms with Crippen molar-refractivity contribution in [1.82, 2.24) is 29.0 Å². The molecule has 0 aliphatic carbocycles. The molecule has 2 aromatic heterocycles. The predicted octanol–water partition coefficient (Wildman–Crippen LogP) is 1.08. The largest absolute Gasteiger partial charge is 0.354 e. The third kappa shape index (κ3) is 5.43. The minimum absolute atomic E-state index is 0.101. The zero-order chi connectivity index (χ0) is 23.6. The minimum Gasteiger partial charge on any atom is -0.354 e. The molecule has 176 valence electrons. The molecule has 0 atom stereocenters. The van der Waals surface area contributed by atoms with Crippen molar-refractivity contribution in [3.8, 4) is 0 Å². The molecular formula is C21H25ClN6O4S. The molecule has 1 aromatic carbocycles. The van der Waals surface area contributed by atoms with Crippen LogP contribution in [0.4, 0.5) is 0 Å². The molecule has 3 aromatic rings. The number of benzene rings is 1. The van der Waals surface area contributed by atoms with Gasteiger partial charge in [-0.15, -0.1) is 0 Å². The van der Waals surface area contributed by atoms with Crippen LogP contribution in [0, 0.1) is 5.92 Å². The van der Waals surface area contributed by atoms with Gasteiger partial charge in [0.2, 0.25) is 15.9 Å². The number of nitrogens with one attached hydrogen (secondary N) is 1. The van der Waals surface area contributed by atoms with Crippen molar-refractivity contribution >= 4 is 38.6 Å². The second-order valence-electron chi connectivity index (χ2n) is 8.14. The van der Waals surface area contributed by atoms with Gasteiger partial charge in [-0.05, 0) is 30.5 Å². The van der Waals surface area contributed by atoms with Gasteiger partial charge in [0.25, 0.3) is 5.56 Å². The van der Waals surface area contributed by atoms with Gasteiger partial charge in [0.05, 0.1) is 25.5 Å². The molecule has 1 aliphatic rings. The maximum atomic E-state index is 12.8. The number of sulfonamides is 1. The molecular weight excluding hydrogens is 468 g/mol. The predicted molar refractivity (Wildman–Crippen MR) is 124 cm³/mol. The number of halogens is 1. The van der Waals surface area contributed by atoms with Gasteiger partial charge >= 0.3 is 0 Å². The van der Waals surface area contributed by atoms with E-state index in [2.05, 4.69) is 15.4 Å². The van der Waals surface area contributed by atoms with E-state index in [4.69, 9.17) is 11.6 Å². The van der Waals surface area contributed by atoms with Gasteiger partial charge in [0.15, 0.2) is 5.65 Å². The van der Waals surface area contributed by atoms with E-state index in [9.17, 15) is 18.0 Å². The lowest BCUT2D eigenvalue weighted by Crippen LogP contribution is -2.43. The number of piperidine rings is 1. The van der Waals surface area contributed by atoms with Crippen molar-refractivity contribution in [3.05, 3.63) is 57.7 Å². The van der Waals surface area contributed by atoms with E-state index in [1.165, 1.54) is 27.7 Å². The first-order chi connectivity index (χ1) is 15.7. The lowest BCUT2D eigenvalue weighted by Gasteiger charge is -2.29. The SMILES string of the molecule is CS(=O)(=O)N1CCC(C(=O)NCCn2ncc3c(=O)n(Cc4cccc(Cl)c4)cnc32)CC1. The fourth-order valence-corrected chi connectivity index (χ4v) is 5.07. The molecule has 10 nitrogen and oxygen atoms in total. The molecule has 33 heavy (non-hydrogen) atoms. The van der Waals surface area contributed by atoms with Gasteiger partial charge in [-0.25, -0.2) is 22.4 Å². The smallest absolute Gasteiger partial charge is 0.264 e. The number of amides is 1. The standard InChI is InChI=1S/C21H25ClN6O4S/c1-33(31,32)27-8-5-16(6-9-27)20(29)23-7-10-28-19-18(12-25-28)21(30)26(14-24-19)13-15-3-2-4-17(22)11-15/h2-4,11-12,14,16H,5-10,13H2,1H3,(H,23,29). The molecule has 0 spiro atoms. The Morgan fingerprint density at radius 1 is 1.27 bits per heavy atom. The Labute approximate surface area is 196 Å². The first-order valence-electron chi connectivity index (χ1n) is 10.6. The van der Waals surface area contributed by atoms with Crippen molar-refractivity contribution < 1.29 is 13.2 Å². The van der Waals surface area contributed by atoms with Gasteiger partial charge in [0.1, 0.15) is 11.7 Å². The molecule has 12 heteroatoms. The van der Waals surface area contributed by atoms with Crippen molar-refractivity contribution in [1.29, 1.82) is 0 Å². The monoisotopic (exact) mass is 492 g/mol. The van der Waals surface area contributed by atoms with Gasteiger partial charge in [-0.1, -0.05) is 23.7 Å². The number of carbonyl (C=O) groups excluding carboxylic acids is 1. The van der Waals surface area contributed by atoms with Gasteiger partial charge in [-0.3, -0.25) is 14.2 Å². The van der Waals surface area contributed by atoms with Crippen molar-refractivity contribution in [2.24, 2.45) is 5.92 Å². The molecule has 1 saturated heterocycles. The topological polar surface area (TPSA) is 119 Å². The molecule has 1 aliphatic heterocycles. The summed E-state index contributed by atoms with van der Waals surface area (Å²) in [6.07, 6.45) is 5.15. The van der Waals surface area contributed by atoms with Crippen LogP contribution in [0.3, 0.4) is 0 Å². The quantitative estimate of drug-likeness (QED) is 0.527. The van der Waals surface area contributed by atoms with Crippen molar-refractivity contribution in [3.63, 3.8) is 0 Å². The molecule has 3 heterocycles. The summed E-state index contributed by atoms with van der Waals surface area (Å²) in [4.78, 5) is 29.7. The van der Waals surface area contributed by atoms with Crippen LogP contribution in [0.1, 0.15) is 18.4 Å². The highest BCUT2D eigenvalue weighted by atomic mass is 35.5. The van der Waals surface area contributed by atoms with Crippen molar-refractivity contribution in [2.45, 2.75) is 25.9 Å². The number of fused-ring (bicyclic) bond motifs is 1. The lowest BCUT2D eigenvalue weighted by atomic mass is 9.97. The zero-order valence-corrected chi connectivity index (χ0v) is 19.7. The number of carbonyl (C=O) groups is 1. The van der Waals surface area contributed by atoms with Crippen LogP contribution < -0.4 is 10.9 Å². The van der Waals surface area contributed by atoms with E-state index in [1.54, 1.807) is 16.8 Å². The van der Waals surface area contributed by atoms with E-state index >= 15 is 0 Å². The van der Waals surface area contributed by atoms with Crippen molar-refractivity contribution in [2.75, 3.05) is 25.9 Å². The van der Waals surface area contributed by atoms with Crippen LogP contribution in [0.15, 0.2) is 41.6 Å². The Balaban J connectivity index is 1.35. The molecule has 0 unspecified atom stereocenters. The maximum Gasteiger partial charge on any atom is 0.264 e. The number of rotatable bonds is 7. The summed E-state index contributed by atoms with van der Waals surface area (Å²) in [7, 11) is -3.22. The highest BCUT2D eigenvalue weighted by Gasteiger charge is 2.28. The summed E-state index contributed by atoms with van der Waals surface area (Å²) in [5.74, 6) is -0.314. The van der Waals surface area contributed by atoms with E-state index in [-0.39, 0.29) is 17.4 Å². The average Bonchev–Trinajstić information content (AvgIpc) is 3.19. The van der Waals surface area contributed by atoms with Gasteiger partial charge in [-0.2, -0.15) is 5.10 Å². The highest BCUT2D eigenvalue weighted by molar-refractivity contribution is 7.88. The molecule has 0 radical (unpaired) electrons. The molecule has 0 saturated carbocycles. The fourth-order valence-electron chi connectivity index (χ4n) is 3.98. The number of nitrogens with zero attached hydrogens (tertiary/aromatic N) is 5. The molecule has 1 fully saturated rings. The Hall–Kier alpha value is -2.76. The first-order valence-corrected chi connectivity index (χ1v) is 12.8.